The molecule has 1 aromatic carbocycles. The lowest BCUT2D eigenvalue weighted by Gasteiger charge is -2.12. The smallest absolute Gasteiger partial charge is 0.338 e. The molecule has 0 fully saturated rings. The molecule has 0 bridgehead atoms. The Labute approximate surface area is 161 Å². The van der Waals surface area contributed by atoms with Crippen LogP contribution in [0.25, 0.3) is 11.0 Å². The third kappa shape index (κ3) is 3.95. The van der Waals surface area contributed by atoms with Gasteiger partial charge < -0.3 is 19.0 Å². The van der Waals surface area contributed by atoms with Crippen molar-refractivity contribution in [3.05, 3.63) is 64.0 Å². The number of carbonyl (C=O) groups excluding carboxylic acids is 2. The van der Waals surface area contributed by atoms with Crippen molar-refractivity contribution in [3.63, 3.8) is 0 Å². The summed E-state index contributed by atoms with van der Waals surface area (Å²) in [5.41, 5.74) is 1.61. The van der Waals surface area contributed by atoms with Crippen molar-refractivity contribution >= 4 is 22.9 Å². The zero-order valence-corrected chi connectivity index (χ0v) is 15.9. The van der Waals surface area contributed by atoms with Crippen molar-refractivity contribution in [1.82, 2.24) is 14.9 Å². The van der Waals surface area contributed by atoms with Crippen molar-refractivity contribution in [2.24, 2.45) is 0 Å². The Morgan fingerprint density at radius 3 is 2.79 bits per heavy atom. The van der Waals surface area contributed by atoms with Crippen LogP contribution in [0.15, 0.2) is 45.8 Å². The van der Waals surface area contributed by atoms with E-state index < -0.39 is 18.5 Å². The lowest BCUT2D eigenvalue weighted by atomic mass is 10.2. The number of rotatable bonds is 6. The SMILES string of the molecule is CCn1c(=O)c(C)nc2cc(C(=O)OCC(=O)N[C@H](C)c3ccco3)ccc21. The van der Waals surface area contributed by atoms with E-state index in [1.54, 1.807) is 48.7 Å². The lowest BCUT2D eigenvalue weighted by molar-refractivity contribution is -0.125. The van der Waals surface area contributed by atoms with Crippen LogP contribution in [0.2, 0.25) is 0 Å². The molecule has 2 aromatic heterocycles. The highest BCUT2D eigenvalue weighted by Crippen LogP contribution is 2.15. The molecule has 146 valence electrons. The van der Waals surface area contributed by atoms with Gasteiger partial charge in [0.05, 0.1) is 28.9 Å². The molecule has 0 spiro atoms. The Morgan fingerprint density at radius 1 is 1.32 bits per heavy atom. The number of esters is 1. The van der Waals surface area contributed by atoms with Crippen molar-refractivity contribution < 1.29 is 18.7 Å². The van der Waals surface area contributed by atoms with Crippen LogP contribution >= 0.6 is 0 Å². The van der Waals surface area contributed by atoms with E-state index in [1.165, 1.54) is 6.26 Å². The Kier molecular flexibility index (Phi) is 5.58. The number of nitrogens with one attached hydrogen (secondary N) is 1. The highest BCUT2D eigenvalue weighted by atomic mass is 16.5. The quantitative estimate of drug-likeness (QED) is 0.656. The number of nitrogens with zero attached hydrogens (tertiary/aromatic N) is 2. The number of furan rings is 1. The number of aromatic nitrogens is 2. The van der Waals surface area contributed by atoms with E-state index in [0.717, 1.165) is 0 Å². The van der Waals surface area contributed by atoms with Gasteiger partial charge in [-0.1, -0.05) is 0 Å². The van der Waals surface area contributed by atoms with Gasteiger partial charge in [0, 0.05) is 6.54 Å². The molecule has 0 saturated carbocycles. The van der Waals surface area contributed by atoms with Crippen LogP contribution in [-0.4, -0.2) is 28.0 Å². The predicted octanol–water partition coefficient (Wildman–Crippen LogP) is 2.35. The second-order valence-corrected chi connectivity index (χ2v) is 6.33. The Bertz CT molecular complexity index is 1070. The summed E-state index contributed by atoms with van der Waals surface area (Å²) in [5, 5.41) is 2.69. The molecule has 3 rings (SSSR count). The van der Waals surface area contributed by atoms with Gasteiger partial charge in [-0.2, -0.15) is 0 Å². The first-order valence-corrected chi connectivity index (χ1v) is 8.91. The number of carbonyl (C=O) groups is 2. The van der Waals surface area contributed by atoms with E-state index in [9.17, 15) is 14.4 Å². The van der Waals surface area contributed by atoms with E-state index in [2.05, 4.69) is 10.3 Å². The summed E-state index contributed by atoms with van der Waals surface area (Å²) in [6.07, 6.45) is 1.52. The molecule has 1 amide bonds. The molecule has 1 N–H and O–H groups in total. The van der Waals surface area contributed by atoms with Gasteiger partial charge in [-0.3, -0.25) is 9.59 Å². The number of fused-ring (bicyclic) bond motifs is 1. The summed E-state index contributed by atoms with van der Waals surface area (Å²) in [6, 6.07) is 7.90. The molecule has 8 nitrogen and oxygen atoms in total. The average molecular weight is 383 g/mol. The zero-order valence-electron chi connectivity index (χ0n) is 15.9. The third-order valence-corrected chi connectivity index (χ3v) is 4.34. The summed E-state index contributed by atoms with van der Waals surface area (Å²) < 4.78 is 11.9. The fraction of sp³-hybridized carbons (Fsp3) is 0.300. The third-order valence-electron chi connectivity index (χ3n) is 4.34. The van der Waals surface area contributed by atoms with E-state index in [-0.39, 0.29) is 17.2 Å². The largest absolute Gasteiger partial charge is 0.467 e. The normalized spacial score (nSPS) is 12.0. The minimum absolute atomic E-state index is 0.160. The molecule has 0 aliphatic rings. The fourth-order valence-electron chi connectivity index (χ4n) is 2.92. The fourth-order valence-corrected chi connectivity index (χ4v) is 2.92. The Morgan fingerprint density at radius 2 is 2.11 bits per heavy atom. The topological polar surface area (TPSA) is 103 Å². The first-order chi connectivity index (χ1) is 13.4. The molecule has 0 radical (unpaired) electrons. The molecule has 0 unspecified atom stereocenters. The number of hydrogen-bond donors (Lipinski definition) is 1. The van der Waals surface area contributed by atoms with Crippen molar-refractivity contribution in [1.29, 1.82) is 0 Å². The van der Waals surface area contributed by atoms with Gasteiger partial charge in [0.1, 0.15) is 11.5 Å². The Hall–Kier alpha value is -3.42. The summed E-state index contributed by atoms with van der Waals surface area (Å²) in [6.45, 7) is 5.34. The van der Waals surface area contributed by atoms with E-state index in [0.29, 0.717) is 29.0 Å². The van der Waals surface area contributed by atoms with Gasteiger partial charge in [0.2, 0.25) is 0 Å². The first kappa shape index (κ1) is 19.3. The predicted molar refractivity (Wildman–Crippen MR) is 102 cm³/mol. The van der Waals surface area contributed by atoms with Crippen molar-refractivity contribution in [2.45, 2.75) is 33.4 Å². The van der Waals surface area contributed by atoms with Crippen LogP contribution in [-0.2, 0) is 16.1 Å². The maximum absolute atomic E-state index is 12.3. The minimum Gasteiger partial charge on any atom is -0.467 e. The average Bonchev–Trinajstić information content (AvgIpc) is 3.22. The van der Waals surface area contributed by atoms with Gasteiger partial charge >= 0.3 is 5.97 Å². The molecule has 3 aromatic rings. The summed E-state index contributed by atoms with van der Waals surface area (Å²) in [4.78, 5) is 40.7. The summed E-state index contributed by atoms with van der Waals surface area (Å²) >= 11 is 0. The highest BCUT2D eigenvalue weighted by Gasteiger charge is 2.16. The van der Waals surface area contributed by atoms with Crippen LogP contribution < -0.4 is 10.9 Å². The van der Waals surface area contributed by atoms with E-state index in [1.807, 2.05) is 6.92 Å². The van der Waals surface area contributed by atoms with Crippen LogP contribution in [0.3, 0.4) is 0 Å². The van der Waals surface area contributed by atoms with Gasteiger partial charge in [-0.15, -0.1) is 0 Å². The van der Waals surface area contributed by atoms with Crippen molar-refractivity contribution in [3.8, 4) is 0 Å². The number of amides is 1. The van der Waals surface area contributed by atoms with E-state index >= 15 is 0 Å². The maximum Gasteiger partial charge on any atom is 0.338 e. The number of benzene rings is 1. The molecule has 0 aliphatic carbocycles. The summed E-state index contributed by atoms with van der Waals surface area (Å²) in [5.74, 6) is -0.471. The standard InChI is InChI=1S/C20H21N3O5/c1-4-23-16-8-7-14(10-15(16)21-13(3)19(23)25)20(26)28-11-18(24)22-12(2)17-6-5-9-27-17/h5-10,12H,4,11H2,1-3H3,(H,22,24)/t12-/m1/s1. The number of ether oxygens (including phenoxy) is 1. The number of aryl methyl sites for hydroxylation is 2. The molecule has 0 aliphatic heterocycles. The maximum atomic E-state index is 12.3. The van der Waals surface area contributed by atoms with Gasteiger partial charge in [0.25, 0.3) is 11.5 Å². The molecule has 8 heteroatoms. The monoisotopic (exact) mass is 383 g/mol. The molecular formula is C20H21N3O5. The van der Waals surface area contributed by atoms with Crippen LogP contribution in [0.1, 0.15) is 41.7 Å². The second-order valence-electron chi connectivity index (χ2n) is 6.33. The molecule has 2 heterocycles. The molecule has 0 saturated heterocycles. The molecular weight excluding hydrogens is 362 g/mol. The number of hydrogen-bond acceptors (Lipinski definition) is 6. The second kappa shape index (κ2) is 8.08. The lowest BCUT2D eigenvalue weighted by Crippen LogP contribution is -2.31. The van der Waals surface area contributed by atoms with Crippen LogP contribution in [0, 0.1) is 6.92 Å². The summed E-state index contributed by atoms with van der Waals surface area (Å²) in [7, 11) is 0. The van der Waals surface area contributed by atoms with Crippen molar-refractivity contribution in [2.75, 3.05) is 6.61 Å². The van der Waals surface area contributed by atoms with Gasteiger partial charge in [-0.05, 0) is 51.1 Å². The highest BCUT2D eigenvalue weighted by molar-refractivity contribution is 5.94. The van der Waals surface area contributed by atoms with Gasteiger partial charge in [0.15, 0.2) is 6.61 Å². The zero-order chi connectivity index (χ0) is 20.3. The molecule has 28 heavy (non-hydrogen) atoms. The van der Waals surface area contributed by atoms with Crippen LogP contribution in [0.5, 0.6) is 0 Å². The van der Waals surface area contributed by atoms with E-state index in [4.69, 9.17) is 9.15 Å². The van der Waals surface area contributed by atoms with Crippen LogP contribution in [0.4, 0.5) is 0 Å². The van der Waals surface area contributed by atoms with Gasteiger partial charge in [-0.25, -0.2) is 9.78 Å². The minimum atomic E-state index is -0.642. The molecule has 1 atom stereocenters. The Balaban J connectivity index is 1.69. The first-order valence-electron chi connectivity index (χ1n) is 8.91.